The molecule has 0 N–H and O–H groups in total. The van der Waals surface area contributed by atoms with E-state index in [4.69, 9.17) is 13.9 Å². The fraction of sp³-hybridized carbons (Fsp3) is 0.200. The molecule has 0 aliphatic heterocycles. The number of ether oxygens (including phenoxy) is 2. The Bertz CT molecular complexity index is 1330. The third-order valence-electron chi connectivity index (χ3n) is 5.48. The maximum Gasteiger partial charge on any atom is 0.375 e. The van der Waals surface area contributed by atoms with Gasteiger partial charge in [0.15, 0.2) is 6.61 Å². The van der Waals surface area contributed by atoms with Gasteiger partial charge < -0.3 is 18.5 Å². The molecule has 0 aliphatic rings. The minimum Gasteiger partial charge on any atom is -0.497 e. The highest BCUT2D eigenvalue weighted by Crippen LogP contribution is 2.29. The molecule has 164 valence electrons. The van der Waals surface area contributed by atoms with E-state index >= 15 is 0 Å². The molecular formula is C25H22BrNO5. The molecule has 0 radical (unpaired) electrons. The molecule has 0 spiro atoms. The zero-order chi connectivity index (χ0) is 23.0. The van der Waals surface area contributed by atoms with Crippen LogP contribution in [0.2, 0.25) is 0 Å². The number of nitrogens with zero attached hydrogens (tertiary/aromatic N) is 1. The molecular weight excluding hydrogens is 474 g/mol. The summed E-state index contributed by atoms with van der Waals surface area (Å²) < 4.78 is 19.0. The zero-order valence-electron chi connectivity index (χ0n) is 18.2. The van der Waals surface area contributed by atoms with Gasteiger partial charge in [0.25, 0.3) is 0 Å². The van der Waals surface area contributed by atoms with Crippen LogP contribution in [0.25, 0.3) is 16.7 Å². The van der Waals surface area contributed by atoms with Gasteiger partial charge in [0.05, 0.1) is 7.11 Å². The van der Waals surface area contributed by atoms with E-state index in [0.717, 1.165) is 32.7 Å². The van der Waals surface area contributed by atoms with Crippen LogP contribution >= 0.6 is 15.9 Å². The minimum absolute atomic E-state index is 0.106. The summed E-state index contributed by atoms with van der Waals surface area (Å²) in [7, 11) is 1.62. The second-order valence-corrected chi connectivity index (χ2v) is 8.43. The van der Waals surface area contributed by atoms with Crippen LogP contribution in [0, 0.1) is 20.8 Å². The quantitative estimate of drug-likeness (QED) is 0.243. The molecule has 2 aromatic heterocycles. The lowest BCUT2D eigenvalue weighted by Gasteiger charge is -2.10. The normalized spacial score (nSPS) is 11.0. The summed E-state index contributed by atoms with van der Waals surface area (Å²) in [5, 5.41) is 0.820. The SMILES string of the molecule is COc1ccc(-n2c(C)cc(C(=O)COC(=O)c3oc4ccc(Br)cc4c3C)c2C)cc1. The van der Waals surface area contributed by atoms with E-state index < -0.39 is 5.97 Å². The zero-order valence-corrected chi connectivity index (χ0v) is 19.8. The van der Waals surface area contributed by atoms with Gasteiger partial charge in [-0.15, -0.1) is 0 Å². The minimum atomic E-state index is -0.660. The van der Waals surface area contributed by atoms with Crippen LogP contribution in [0.3, 0.4) is 0 Å². The monoisotopic (exact) mass is 495 g/mol. The van der Waals surface area contributed by atoms with Crippen LogP contribution < -0.4 is 4.74 Å². The Hall–Kier alpha value is -3.32. The highest BCUT2D eigenvalue weighted by molar-refractivity contribution is 9.10. The number of benzene rings is 2. The molecule has 4 rings (SSSR count). The van der Waals surface area contributed by atoms with Gasteiger partial charge in [0.2, 0.25) is 11.5 Å². The second kappa shape index (κ2) is 8.67. The summed E-state index contributed by atoms with van der Waals surface area (Å²) in [6.45, 7) is 5.22. The van der Waals surface area contributed by atoms with E-state index in [-0.39, 0.29) is 18.2 Å². The highest BCUT2D eigenvalue weighted by atomic mass is 79.9. The smallest absolute Gasteiger partial charge is 0.375 e. The first-order valence-electron chi connectivity index (χ1n) is 10.0. The van der Waals surface area contributed by atoms with Crippen LogP contribution in [0.4, 0.5) is 0 Å². The third-order valence-corrected chi connectivity index (χ3v) is 5.97. The summed E-state index contributed by atoms with van der Waals surface area (Å²) in [5.41, 5.74) is 4.38. The molecule has 2 heterocycles. The lowest BCUT2D eigenvalue weighted by molar-refractivity contribution is 0.0445. The summed E-state index contributed by atoms with van der Waals surface area (Å²) >= 11 is 3.42. The number of hydrogen-bond acceptors (Lipinski definition) is 5. The van der Waals surface area contributed by atoms with E-state index in [9.17, 15) is 9.59 Å². The fourth-order valence-electron chi connectivity index (χ4n) is 3.84. The maximum atomic E-state index is 12.9. The van der Waals surface area contributed by atoms with E-state index in [0.29, 0.717) is 16.7 Å². The number of aromatic nitrogens is 1. The fourth-order valence-corrected chi connectivity index (χ4v) is 4.20. The molecule has 4 aromatic rings. The number of ketones is 1. The van der Waals surface area contributed by atoms with Gasteiger partial charge in [-0.1, -0.05) is 15.9 Å². The number of esters is 1. The average molecular weight is 496 g/mol. The van der Waals surface area contributed by atoms with Gasteiger partial charge in [-0.2, -0.15) is 0 Å². The Morgan fingerprint density at radius 2 is 1.75 bits per heavy atom. The number of hydrogen-bond donors (Lipinski definition) is 0. The Morgan fingerprint density at radius 1 is 1.03 bits per heavy atom. The van der Waals surface area contributed by atoms with Crippen LogP contribution in [0.5, 0.6) is 5.75 Å². The van der Waals surface area contributed by atoms with Crippen molar-refractivity contribution in [3.63, 3.8) is 0 Å². The number of fused-ring (bicyclic) bond motifs is 1. The van der Waals surface area contributed by atoms with Crippen molar-refractivity contribution in [1.29, 1.82) is 0 Å². The van der Waals surface area contributed by atoms with Gasteiger partial charge in [-0.05, 0) is 69.3 Å². The average Bonchev–Trinajstić information content (AvgIpc) is 3.27. The number of methoxy groups -OCH3 is 1. The van der Waals surface area contributed by atoms with Crippen molar-refractivity contribution in [2.24, 2.45) is 0 Å². The summed E-state index contributed by atoms with van der Waals surface area (Å²) in [5.74, 6) is -0.0721. The maximum absolute atomic E-state index is 12.9. The molecule has 0 saturated heterocycles. The Labute approximate surface area is 193 Å². The largest absolute Gasteiger partial charge is 0.497 e. The number of carbonyl (C=O) groups is 2. The van der Waals surface area contributed by atoms with Crippen molar-refractivity contribution in [1.82, 2.24) is 4.57 Å². The molecule has 32 heavy (non-hydrogen) atoms. The molecule has 0 fully saturated rings. The van der Waals surface area contributed by atoms with Crippen molar-refractivity contribution in [3.8, 4) is 11.4 Å². The van der Waals surface area contributed by atoms with Gasteiger partial charge >= 0.3 is 5.97 Å². The van der Waals surface area contributed by atoms with Crippen molar-refractivity contribution in [2.75, 3.05) is 13.7 Å². The summed E-state index contributed by atoms with van der Waals surface area (Å²) in [6, 6.07) is 14.9. The van der Waals surface area contributed by atoms with E-state index in [1.807, 2.05) is 54.8 Å². The predicted octanol–water partition coefficient (Wildman–Crippen LogP) is 5.96. The van der Waals surface area contributed by atoms with Crippen LogP contribution in [-0.4, -0.2) is 30.0 Å². The van der Waals surface area contributed by atoms with Crippen molar-refractivity contribution in [3.05, 3.63) is 81.3 Å². The molecule has 0 saturated carbocycles. The number of halogens is 1. The molecule has 0 amide bonds. The van der Waals surface area contributed by atoms with Gasteiger partial charge in [0, 0.05) is 38.1 Å². The lowest BCUT2D eigenvalue weighted by Crippen LogP contribution is -2.15. The number of carbonyl (C=O) groups excluding carboxylic acids is 2. The van der Waals surface area contributed by atoms with Gasteiger partial charge in [0.1, 0.15) is 11.3 Å². The molecule has 7 heteroatoms. The predicted molar refractivity (Wildman–Crippen MR) is 125 cm³/mol. The van der Waals surface area contributed by atoms with Crippen molar-refractivity contribution < 1.29 is 23.5 Å². The second-order valence-electron chi connectivity index (χ2n) is 7.51. The standard InChI is InChI=1S/C25H22BrNO5/c1-14-11-21(16(3)27(14)18-6-8-19(30-4)9-7-18)22(28)13-31-25(29)24-15(2)20-12-17(26)5-10-23(20)32-24/h5-12H,13H2,1-4H3. The van der Waals surface area contributed by atoms with E-state index in [1.54, 1.807) is 26.2 Å². The van der Waals surface area contributed by atoms with Crippen LogP contribution in [0.15, 0.2) is 57.4 Å². The lowest BCUT2D eigenvalue weighted by atomic mass is 10.1. The Morgan fingerprint density at radius 3 is 2.44 bits per heavy atom. The molecule has 0 bridgehead atoms. The van der Waals surface area contributed by atoms with Crippen LogP contribution in [0.1, 0.15) is 37.9 Å². The van der Waals surface area contributed by atoms with Gasteiger partial charge in [-0.25, -0.2) is 4.79 Å². The topological polar surface area (TPSA) is 70.7 Å². The van der Waals surface area contributed by atoms with E-state index in [1.165, 1.54) is 0 Å². The Balaban J connectivity index is 1.52. The third kappa shape index (κ3) is 3.96. The summed E-state index contributed by atoms with van der Waals surface area (Å²) in [4.78, 5) is 25.5. The van der Waals surface area contributed by atoms with Crippen molar-refractivity contribution >= 4 is 38.7 Å². The number of Topliss-reactive ketones (excluding diaryl/α,β-unsaturated/α-hetero) is 1. The molecule has 6 nitrogen and oxygen atoms in total. The number of aryl methyl sites for hydroxylation is 2. The molecule has 0 unspecified atom stereocenters. The van der Waals surface area contributed by atoms with Crippen LogP contribution in [-0.2, 0) is 4.74 Å². The van der Waals surface area contributed by atoms with Gasteiger partial charge in [-0.3, -0.25) is 4.79 Å². The van der Waals surface area contributed by atoms with Crippen molar-refractivity contribution in [2.45, 2.75) is 20.8 Å². The molecule has 0 aliphatic carbocycles. The Kier molecular flexibility index (Phi) is 5.93. The number of rotatable bonds is 6. The molecule has 0 atom stereocenters. The molecule has 2 aromatic carbocycles. The van der Waals surface area contributed by atoms with E-state index in [2.05, 4.69) is 15.9 Å². The number of furan rings is 1. The summed E-state index contributed by atoms with van der Waals surface area (Å²) in [6.07, 6.45) is 0. The first kappa shape index (κ1) is 21.9. The first-order chi connectivity index (χ1) is 15.3. The highest BCUT2D eigenvalue weighted by Gasteiger charge is 2.22. The first-order valence-corrected chi connectivity index (χ1v) is 10.8.